The molecule has 0 aliphatic carbocycles. The fourth-order valence-electron chi connectivity index (χ4n) is 1.30. The van der Waals surface area contributed by atoms with Crippen LogP contribution in [0.2, 0.25) is 0 Å². The van der Waals surface area contributed by atoms with Gasteiger partial charge < -0.3 is 5.73 Å². The van der Waals surface area contributed by atoms with Gasteiger partial charge in [-0.05, 0) is 30.2 Å². The molecule has 0 amide bonds. The van der Waals surface area contributed by atoms with Crippen LogP contribution in [0.1, 0.15) is 47.5 Å². The zero-order valence-corrected chi connectivity index (χ0v) is 12.7. The van der Waals surface area contributed by atoms with Crippen LogP contribution >= 0.6 is 0 Å². The molecule has 0 fully saturated rings. The van der Waals surface area contributed by atoms with Crippen LogP contribution < -0.4 is 10.5 Å². The lowest BCUT2D eigenvalue weighted by Crippen LogP contribution is -2.37. The Morgan fingerprint density at radius 3 is 2.00 bits per heavy atom. The van der Waals surface area contributed by atoms with Crippen LogP contribution in [0, 0.1) is 10.8 Å². The first-order chi connectivity index (χ1) is 7.47. The smallest absolute Gasteiger partial charge is 0.211 e. The Balaban J connectivity index is 4.19. The molecule has 0 aromatic heterocycles. The SMILES string of the molecule is CC(C)(C)CCS(=O)(=O)NCC(C)(C)CCN. The Morgan fingerprint density at radius 1 is 1.06 bits per heavy atom. The summed E-state index contributed by atoms with van der Waals surface area (Å²) < 4.78 is 26.2. The second kappa shape index (κ2) is 6.16. The van der Waals surface area contributed by atoms with E-state index in [0.29, 0.717) is 19.5 Å². The van der Waals surface area contributed by atoms with Crippen LogP contribution in [0.15, 0.2) is 0 Å². The van der Waals surface area contributed by atoms with Crippen molar-refractivity contribution >= 4 is 10.0 Å². The number of nitrogens with two attached hydrogens (primary N) is 1. The van der Waals surface area contributed by atoms with E-state index in [0.717, 1.165) is 6.42 Å². The highest BCUT2D eigenvalue weighted by atomic mass is 32.2. The average Bonchev–Trinajstić information content (AvgIpc) is 2.12. The molecule has 0 unspecified atom stereocenters. The molecule has 0 atom stereocenters. The van der Waals surface area contributed by atoms with Gasteiger partial charge in [-0.15, -0.1) is 0 Å². The van der Waals surface area contributed by atoms with E-state index in [2.05, 4.69) is 4.72 Å². The van der Waals surface area contributed by atoms with E-state index in [1.165, 1.54) is 0 Å². The summed E-state index contributed by atoms with van der Waals surface area (Å²) >= 11 is 0. The van der Waals surface area contributed by atoms with Crippen molar-refractivity contribution in [3.63, 3.8) is 0 Å². The molecule has 0 aromatic rings. The van der Waals surface area contributed by atoms with Crippen molar-refractivity contribution in [1.82, 2.24) is 4.72 Å². The number of rotatable bonds is 7. The molecular weight excluding hydrogens is 236 g/mol. The van der Waals surface area contributed by atoms with Crippen LogP contribution in [0.4, 0.5) is 0 Å². The molecule has 0 spiro atoms. The van der Waals surface area contributed by atoms with Crippen LogP contribution in [0.25, 0.3) is 0 Å². The van der Waals surface area contributed by atoms with E-state index < -0.39 is 10.0 Å². The summed E-state index contributed by atoms with van der Waals surface area (Å²) in [5, 5.41) is 0. The van der Waals surface area contributed by atoms with Gasteiger partial charge in [0.15, 0.2) is 0 Å². The third-order valence-electron chi connectivity index (χ3n) is 2.71. The molecule has 0 saturated carbocycles. The first kappa shape index (κ1) is 16.9. The van der Waals surface area contributed by atoms with Crippen molar-refractivity contribution in [2.24, 2.45) is 16.6 Å². The van der Waals surface area contributed by atoms with Crippen LogP contribution in [-0.4, -0.2) is 27.3 Å². The van der Waals surface area contributed by atoms with Crippen molar-refractivity contribution in [2.45, 2.75) is 47.5 Å². The molecule has 3 N–H and O–H groups in total. The van der Waals surface area contributed by atoms with E-state index in [-0.39, 0.29) is 16.6 Å². The highest BCUT2D eigenvalue weighted by Gasteiger charge is 2.22. The fourth-order valence-corrected chi connectivity index (χ4v) is 2.93. The molecule has 0 aromatic carbocycles. The van der Waals surface area contributed by atoms with Crippen LogP contribution in [-0.2, 0) is 10.0 Å². The zero-order valence-electron chi connectivity index (χ0n) is 11.8. The lowest BCUT2D eigenvalue weighted by molar-refractivity contribution is 0.339. The lowest BCUT2D eigenvalue weighted by Gasteiger charge is -2.24. The maximum atomic E-state index is 11.8. The summed E-state index contributed by atoms with van der Waals surface area (Å²) in [6.45, 7) is 11.2. The highest BCUT2D eigenvalue weighted by Crippen LogP contribution is 2.20. The van der Waals surface area contributed by atoms with E-state index in [4.69, 9.17) is 5.73 Å². The van der Waals surface area contributed by atoms with E-state index in [9.17, 15) is 8.42 Å². The monoisotopic (exact) mass is 264 g/mol. The lowest BCUT2D eigenvalue weighted by atomic mass is 9.90. The topological polar surface area (TPSA) is 72.2 Å². The third-order valence-corrected chi connectivity index (χ3v) is 4.04. The van der Waals surface area contributed by atoms with Crippen molar-refractivity contribution < 1.29 is 8.42 Å². The molecular formula is C12H28N2O2S. The van der Waals surface area contributed by atoms with E-state index >= 15 is 0 Å². The Hall–Kier alpha value is -0.130. The van der Waals surface area contributed by atoms with Gasteiger partial charge in [-0.1, -0.05) is 34.6 Å². The molecule has 0 aliphatic heterocycles. The third kappa shape index (κ3) is 9.56. The number of hydrogen-bond donors (Lipinski definition) is 2. The van der Waals surface area contributed by atoms with Crippen molar-refractivity contribution in [3.05, 3.63) is 0 Å². The van der Waals surface area contributed by atoms with Crippen molar-refractivity contribution in [1.29, 1.82) is 0 Å². The molecule has 17 heavy (non-hydrogen) atoms. The summed E-state index contributed by atoms with van der Waals surface area (Å²) in [6, 6.07) is 0. The minimum absolute atomic E-state index is 0.0432. The molecule has 104 valence electrons. The normalized spacial score (nSPS) is 14.0. The summed E-state index contributed by atoms with van der Waals surface area (Å²) in [7, 11) is -3.16. The largest absolute Gasteiger partial charge is 0.330 e. The molecule has 0 bridgehead atoms. The predicted octanol–water partition coefficient (Wildman–Crippen LogP) is 1.72. The molecule has 0 radical (unpaired) electrons. The van der Waals surface area contributed by atoms with Crippen molar-refractivity contribution in [3.8, 4) is 0 Å². The van der Waals surface area contributed by atoms with Gasteiger partial charge in [0, 0.05) is 6.54 Å². The summed E-state index contributed by atoms with van der Waals surface area (Å²) in [5.41, 5.74) is 5.46. The van der Waals surface area contributed by atoms with Gasteiger partial charge in [-0.2, -0.15) is 0 Å². The molecule has 0 aliphatic rings. The van der Waals surface area contributed by atoms with Gasteiger partial charge in [0.05, 0.1) is 5.75 Å². The molecule has 0 saturated heterocycles. The summed E-state index contributed by atoms with van der Waals surface area (Å²) in [6.07, 6.45) is 1.48. The minimum atomic E-state index is -3.16. The Labute approximate surface area is 106 Å². The summed E-state index contributed by atoms with van der Waals surface area (Å²) in [5.74, 6) is 0.190. The van der Waals surface area contributed by atoms with Gasteiger partial charge in [-0.25, -0.2) is 13.1 Å². The minimum Gasteiger partial charge on any atom is -0.330 e. The highest BCUT2D eigenvalue weighted by molar-refractivity contribution is 7.89. The fraction of sp³-hybridized carbons (Fsp3) is 1.00. The molecule has 5 heteroatoms. The van der Waals surface area contributed by atoms with Gasteiger partial charge in [-0.3, -0.25) is 0 Å². The molecule has 0 rings (SSSR count). The maximum absolute atomic E-state index is 11.8. The van der Waals surface area contributed by atoms with E-state index in [1.807, 2.05) is 34.6 Å². The van der Waals surface area contributed by atoms with E-state index in [1.54, 1.807) is 0 Å². The summed E-state index contributed by atoms with van der Waals surface area (Å²) in [4.78, 5) is 0. The van der Waals surface area contributed by atoms with Gasteiger partial charge in [0.2, 0.25) is 10.0 Å². The quantitative estimate of drug-likeness (QED) is 0.735. The average molecular weight is 264 g/mol. The zero-order chi connectivity index (χ0) is 13.7. The Morgan fingerprint density at radius 2 is 1.59 bits per heavy atom. The van der Waals surface area contributed by atoms with Crippen molar-refractivity contribution in [2.75, 3.05) is 18.8 Å². The number of nitrogens with one attached hydrogen (secondary N) is 1. The predicted molar refractivity (Wildman–Crippen MR) is 73.3 cm³/mol. The second-order valence-electron chi connectivity index (χ2n) is 6.65. The van der Waals surface area contributed by atoms with Gasteiger partial charge >= 0.3 is 0 Å². The number of sulfonamides is 1. The van der Waals surface area contributed by atoms with Crippen LogP contribution in [0.5, 0.6) is 0 Å². The Kier molecular flexibility index (Phi) is 6.11. The molecule has 0 heterocycles. The standard InChI is InChI=1S/C12H28N2O2S/c1-11(2,3)7-9-17(15,16)14-10-12(4,5)6-8-13/h14H,6-10,13H2,1-5H3. The Bertz CT molecular complexity index is 316. The van der Waals surface area contributed by atoms with Gasteiger partial charge in [0.1, 0.15) is 0 Å². The first-order valence-electron chi connectivity index (χ1n) is 6.15. The molecule has 4 nitrogen and oxygen atoms in total. The maximum Gasteiger partial charge on any atom is 0.211 e. The second-order valence-corrected chi connectivity index (χ2v) is 8.58. The van der Waals surface area contributed by atoms with Crippen LogP contribution in [0.3, 0.4) is 0 Å². The van der Waals surface area contributed by atoms with Gasteiger partial charge in [0.25, 0.3) is 0 Å². The number of hydrogen-bond acceptors (Lipinski definition) is 3. The first-order valence-corrected chi connectivity index (χ1v) is 7.80.